The fourth-order valence-corrected chi connectivity index (χ4v) is 5.20. The summed E-state index contributed by atoms with van der Waals surface area (Å²) in [5, 5.41) is 2.13. The summed E-state index contributed by atoms with van der Waals surface area (Å²) in [4.78, 5) is 15.0. The summed E-state index contributed by atoms with van der Waals surface area (Å²) in [6.07, 6.45) is 0. The van der Waals surface area contributed by atoms with E-state index in [0.29, 0.717) is 17.5 Å². The van der Waals surface area contributed by atoms with Crippen LogP contribution in [-0.4, -0.2) is 15.0 Å². The molecule has 2 aromatic heterocycles. The molecule has 4 heteroatoms. The van der Waals surface area contributed by atoms with Crippen molar-refractivity contribution in [1.82, 2.24) is 15.0 Å². The fraction of sp³-hybridized carbons (Fsp3) is 0.229. The summed E-state index contributed by atoms with van der Waals surface area (Å²) in [7, 11) is 0. The van der Waals surface area contributed by atoms with Gasteiger partial charge in [-0.3, -0.25) is 0 Å². The van der Waals surface area contributed by atoms with Crippen molar-refractivity contribution < 1.29 is 4.42 Å². The lowest BCUT2D eigenvalue weighted by Crippen LogP contribution is -2.11. The van der Waals surface area contributed by atoms with E-state index in [2.05, 4.69) is 71.9 Å². The highest BCUT2D eigenvalue weighted by molar-refractivity contribution is 6.13. The Morgan fingerprint density at radius 2 is 1.00 bits per heavy atom. The predicted octanol–water partition coefficient (Wildman–Crippen LogP) is 9.37. The van der Waals surface area contributed by atoms with Gasteiger partial charge in [-0.15, -0.1) is 0 Å². The Bertz CT molecular complexity index is 1750. The van der Waals surface area contributed by atoms with Crippen LogP contribution in [0.5, 0.6) is 0 Å². The van der Waals surface area contributed by atoms with Gasteiger partial charge in [-0.2, -0.15) is 0 Å². The van der Waals surface area contributed by atoms with Gasteiger partial charge < -0.3 is 4.42 Å². The first-order valence-corrected chi connectivity index (χ1v) is 13.5. The third-order valence-corrected chi connectivity index (χ3v) is 7.20. The molecule has 0 aliphatic carbocycles. The molecule has 0 aliphatic heterocycles. The van der Waals surface area contributed by atoms with Crippen molar-refractivity contribution in [1.29, 1.82) is 0 Å². The van der Waals surface area contributed by atoms with Gasteiger partial charge in [-0.1, -0.05) is 126 Å². The average Bonchev–Trinajstić information content (AvgIpc) is 3.32. The third kappa shape index (κ3) is 4.50. The van der Waals surface area contributed by atoms with Crippen LogP contribution < -0.4 is 0 Å². The number of nitrogens with zero attached hydrogens (tertiary/aromatic N) is 3. The van der Waals surface area contributed by atoms with Crippen molar-refractivity contribution in [3.05, 3.63) is 102 Å². The second-order valence-corrected chi connectivity index (χ2v) is 12.2. The Morgan fingerprint density at radius 3 is 1.54 bits per heavy atom. The zero-order valence-corrected chi connectivity index (χ0v) is 23.4. The van der Waals surface area contributed by atoms with Crippen LogP contribution in [0.4, 0.5) is 0 Å². The van der Waals surface area contributed by atoms with Crippen molar-refractivity contribution in [2.75, 3.05) is 0 Å². The largest absolute Gasteiger partial charge is 0.455 e. The normalized spacial score (nSPS) is 12.4. The van der Waals surface area contributed by atoms with Gasteiger partial charge in [0.15, 0.2) is 17.5 Å². The van der Waals surface area contributed by atoms with Crippen LogP contribution in [0, 0.1) is 0 Å². The lowest BCUT2D eigenvalue weighted by molar-refractivity contribution is 0.557. The lowest BCUT2D eigenvalue weighted by atomic mass is 9.84. The maximum Gasteiger partial charge on any atom is 0.164 e. The molecule has 4 aromatic carbocycles. The number of hydrogen-bond donors (Lipinski definition) is 0. The van der Waals surface area contributed by atoms with E-state index < -0.39 is 0 Å². The van der Waals surface area contributed by atoms with Gasteiger partial charge in [0.05, 0.1) is 0 Å². The van der Waals surface area contributed by atoms with Crippen molar-refractivity contribution in [2.45, 2.75) is 52.4 Å². The number of fused-ring (bicyclic) bond motifs is 3. The molecule has 0 N–H and O–H groups in total. The van der Waals surface area contributed by atoms with Gasteiger partial charge in [0.2, 0.25) is 0 Å². The van der Waals surface area contributed by atoms with Gasteiger partial charge in [0, 0.05) is 38.6 Å². The quantitative estimate of drug-likeness (QED) is 0.237. The molecular weight excluding hydrogens is 478 g/mol. The van der Waals surface area contributed by atoms with Gasteiger partial charge in [-0.25, -0.2) is 15.0 Å². The molecule has 2 heterocycles. The molecule has 4 nitrogen and oxygen atoms in total. The number of hydrogen-bond acceptors (Lipinski definition) is 4. The Hall–Kier alpha value is -4.31. The molecule has 0 atom stereocenters. The van der Waals surface area contributed by atoms with Crippen LogP contribution in [0.3, 0.4) is 0 Å². The van der Waals surface area contributed by atoms with E-state index >= 15 is 0 Å². The van der Waals surface area contributed by atoms with Crippen molar-refractivity contribution >= 4 is 21.9 Å². The summed E-state index contributed by atoms with van der Waals surface area (Å²) < 4.78 is 6.79. The lowest BCUT2D eigenvalue weighted by Gasteiger charge is -2.20. The molecule has 0 spiro atoms. The highest BCUT2D eigenvalue weighted by Gasteiger charge is 2.27. The molecule has 0 aliphatic rings. The van der Waals surface area contributed by atoms with E-state index in [4.69, 9.17) is 19.4 Å². The Balaban J connectivity index is 1.71. The van der Waals surface area contributed by atoms with Crippen LogP contribution in [0.1, 0.15) is 52.7 Å². The monoisotopic (exact) mass is 511 g/mol. The van der Waals surface area contributed by atoms with E-state index in [1.807, 2.05) is 60.7 Å². The summed E-state index contributed by atoms with van der Waals surface area (Å²) in [6, 6.07) is 31.0. The molecular formula is C35H33N3O. The van der Waals surface area contributed by atoms with E-state index in [1.54, 1.807) is 0 Å². The van der Waals surface area contributed by atoms with Gasteiger partial charge >= 0.3 is 0 Å². The molecule has 194 valence electrons. The molecule has 0 fully saturated rings. The van der Waals surface area contributed by atoms with E-state index in [9.17, 15) is 0 Å². The third-order valence-electron chi connectivity index (χ3n) is 7.20. The first kappa shape index (κ1) is 25.0. The molecule has 0 radical (unpaired) electrons. The fourth-order valence-electron chi connectivity index (χ4n) is 5.20. The van der Waals surface area contributed by atoms with Gasteiger partial charge in [0.25, 0.3) is 0 Å². The smallest absolute Gasteiger partial charge is 0.164 e. The topological polar surface area (TPSA) is 51.8 Å². The second kappa shape index (κ2) is 9.16. The molecule has 0 amide bonds. The zero-order valence-electron chi connectivity index (χ0n) is 23.4. The SMILES string of the molecule is CC(C)(C)c1cccc2c1oc1c(C(C)(C)C)ccc(-c3nc(-c4ccccc4)nc(-c4ccccc4)n3)c12. The van der Waals surface area contributed by atoms with Gasteiger partial charge in [0.1, 0.15) is 11.2 Å². The Labute approximate surface area is 229 Å². The first-order chi connectivity index (χ1) is 18.6. The minimum absolute atomic E-state index is 0.0659. The summed E-state index contributed by atoms with van der Waals surface area (Å²) >= 11 is 0. The summed E-state index contributed by atoms with van der Waals surface area (Å²) in [5.74, 6) is 1.93. The minimum Gasteiger partial charge on any atom is -0.455 e. The molecule has 6 aromatic rings. The number of rotatable bonds is 3. The average molecular weight is 512 g/mol. The molecule has 39 heavy (non-hydrogen) atoms. The highest BCUT2D eigenvalue weighted by Crippen LogP contribution is 2.44. The Morgan fingerprint density at radius 1 is 0.487 bits per heavy atom. The molecule has 0 saturated carbocycles. The maximum absolute atomic E-state index is 6.79. The van der Waals surface area contributed by atoms with Crippen molar-refractivity contribution in [3.8, 4) is 34.2 Å². The van der Waals surface area contributed by atoms with E-state index in [1.165, 1.54) is 5.56 Å². The van der Waals surface area contributed by atoms with E-state index in [0.717, 1.165) is 44.2 Å². The van der Waals surface area contributed by atoms with Crippen LogP contribution in [-0.2, 0) is 10.8 Å². The standard InChI is InChI=1S/C35H33N3O/c1-34(2,3)26-19-13-18-24-28-25(20-21-27(35(4,5)6)30(28)39-29(24)26)33-37-31(22-14-9-7-10-15-22)36-32(38-33)23-16-11-8-12-17-23/h7-21H,1-6H3. The van der Waals surface area contributed by atoms with E-state index in [-0.39, 0.29) is 10.8 Å². The maximum atomic E-state index is 6.79. The zero-order chi connectivity index (χ0) is 27.4. The van der Waals surface area contributed by atoms with Crippen LogP contribution in [0.2, 0.25) is 0 Å². The predicted molar refractivity (Wildman–Crippen MR) is 161 cm³/mol. The van der Waals surface area contributed by atoms with Gasteiger partial charge in [-0.05, 0) is 16.9 Å². The molecule has 6 rings (SSSR count). The summed E-state index contributed by atoms with van der Waals surface area (Å²) in [5.41, 5.74) is 6.86. The van der Waals surface area contributed by atoms with Crippen LogP contribution in [0.15, 0.2) is 95.4 Å². The van der Waals surface area contributed by atoms with Crippen LogP contribution >= 0.6 is 0 Å². The first-order valence-electron chi connectivity index (χ1n) is 13.5. The number of benzene rings is 4. The number of furan rings is 1. The highest BCUT2D eigenvalue weighted by atomic mass is 16.3. The number of aromatic nitrogens is 3. The van der Waals surface area contributed by atoms with Crippen LogP contribution in [0.25, 0.3) is 56.1 Å². The second-order valence-electron chi connectivity index (χ2n) is 12.2. The molecule has 0 saturated heterocycles. The number of para-hydroxylation sites is 1. The van der Waals surface area contributed by atoms with Crippen molar-refractivity contribution in [2.24, 2.45) is 0 Å². The Kier molecular flexibility index (Phi) is 5.87. The van der Waals surface area contributed by atoms with Crippen molar-refractivity contribution in [3.63, 3.8) is 0 Å². The molecule has 0 bridgehead atoms. The minimum atomic E-state index is -0.101. The summed E-state index contributed by atoms with van der Waals surface area (Å²) in [6.45, 7) is 13.4. The molecule has 0 unspecified atom stereocenters.